The summed E-state index contributed by atoms with van der Waals surface area (Å²) < 4.78 is 6.36. The van der Waals surface area contributed by atoms with Gasteiger partial charge in [-0.2, -0.15) is 0 Å². The molecule has 29 heavy (non-hydrogen) atoms. The summed E-state index contributed by atoms with van der Waals surface area (Å²) in [5.41, 5.74) is 29.9. The Morgan fingerprint density at radius 1 is 0.448 bits per heavy atom. The minimum atomic E-state index is 0.354. The van der Waals surface area contributed by atoms with Gasteiger partial charge in [-0.3, -0.25) is 0 Å². The summed E-state index contributed by atoms with van der Waals surface area (Å²) in [5, 5.41) is 0. The van der Waals surface area contributed by atoms with Gasteiger partial charge in [0, 0.05) is 11.1 Å². The van der Waals surface area contributed by atoms with Crippen molar-refractivity contribution in [1.29, 1.82) is 0 Å². The highest BCUT2D eigenvalue weighted by atomic mass is 16.5. The Kier molecular flexibility index (Phi) is 4.71. The van der Waals surface area contributed by atoms with Crippen molar-refractivity contribution in [3.05, 3.63) is 84.9 Å². The third-order valence-corrected chi connectivity index (χ3v) is 4.83. The van der Waals surface area contributed by atoms with Gasteiger partial charge in [0.05, 0.1) is 22.7 Å². The van der Waals surface area contributed by atoms with Crippen molar-refractivity contribution < 1.29 is 4.74 Å². The molecule has 0 bridgehead atoms. The standard InChI is InChI=1S/C24H22N4O/c25-19-13-11-17(15-7-3-1-4-8-15)23(21(19)27)29-24-18(12-14-20(26)22(24)28)16-9-5-2-6-10-16/h1-14H,25-28H2. The van der Waals surface area contributed by atoms with Crippen molar-refractivity contribution in [3.8, 4) is 33.8 Å². The second kappa shape index (κ2) is 7.48. The number of rotatable bonds is 4. The van der Waals surface area contributed by atoms with E-state index in [1.807, 2.05) is 72.8 Å². The fourth-order valence-electron chi connectivity index (χ4n) is 3.24. The van der Waals surface area contributed by atoms with E-state index in [4.69, 9.17) is 27.7 Å². The van der Waals surface area contributed by atoms with Crippen LogP contribution in [0.15, 0.2) is 84.9 Å². The quantitative estimate of drug-likeness (QED) is 0.365. The van der Waals surface area contributed by atoms with Crippen molar-refractivity contribution in [2.75, 3.05) is 22.9 Å². The molecular weight excluding hydrogens is 360 g/mol. The van der Waals surface area contributed by atoms with Crippen LogP contribution in [0.4, 0.5) is 22.7 Å². The van der Waals surface area contributed by atoms with Gasteiger partial charge in [-0.15, -0.1) is 0 Å². The van der Waals surface area contributed by atoms with Gasteiger partial charge in [0.25, 0.3) is 0 Å². The highest BCUT2D eigenvalue weighted by Gasteiger charge is 2.19. The third kappa shape index (κ3) is 3.41. The van der Waals surface area contributed by atoms with Gasteiger partial charge in [0.1, 0.15) is 0 Å². The normalized spacial score (nSPS) is 10.6. The molecule has 0 fully saturated rings. The minimum absolute atomic E-state index is 0.354. The molecule has 0 amide bonds. The van der Waals surface area contributed by atoms with E-state index in [0.29, 0.717) is 34.2 Å². The van der Waals surface area contributed by atoms with E-state index in [2.05, 4.69) is 0 Å². The SMILES string of the molecule is Nc1ccc(-c2ccccc2)c(Oc2c(-c3ccccc3)ccc(N)c2N)c1N. The van der Waals surface area contributed by atoms with Crippen LogP contribution in [0.1, 0.15) is 0 Å². The van der Waals surface area contributed by atoms with E-state index < -0.39 is 0 Å². The van der Waals surface area contributed by atoms with Gasteiger partial charge < -0.3 is 27.7 Å². The van der Waals surface area contributed by atoms with Crippen molar-refractivity contribution in [2.45, 2.75) is 0 Å². The zero-order chi connectivity index (χ0) is 20.4. The second-order valence-electron chi connectivity index (χ2n) is 6.72. The first-order valence-electron chi connectivity index (χ1n) is 9.21. The molecule has 5 heteroatoms. The zero-order valence-corrected chi connectivity index (χ0v) is 15.8. The fraction of sp³-hybridized carbons (Fsp3) is 0. The lowest BCUT2D eigenvalue weighted by molar-refractivity contribution is 0.491. The predicted octanol–water partition coefficient (Wildman–Crippen LogP) is 5.14. The van der Waals surface area contributed by atoms with Crippen molar-refractivity contribution in [2.24, 2.45) is 0 Å². The lowest BCUT2D eigenvalue weighted by Crippen LogP contribution is -2.04. The number of nitrogens with two attached hydrogens (primary N) is 4. The van der Waals surface area contributed by atoms with Crippen LogP contribution in [0.2, 0.25) is 0 Å². The van der Waals surface area contributed by atoms with Gasteiger partial charge in [0.2, 0.25) is 0 Å². The number of anilines is 4. The van der Waals surface area contributed by atoms with E-state index in [1.165, 1.54) is 0 Å². The van der Waals surface area contributed by atoms with Crippen LogP contribution < -0.4 is 27.7 Å². The molecule has 0 atom stereocenters. The Morgan fingerprint density at radius 3 is 1.21 bits per heavy atom. The van der Waals surface area contributed by atoms with Crippen LogP contribution in [0.3, 0.4) is 0 Å². The molecule has 4 aromatic carbocycles. The van der Waals surface area contributed by atoms with Crippen LogP contribution >= 0.6 is 0 Å². The summed E-state index contributed by atoms with van der Waals surface area (Å²) in [6.45, 7) is 0. The van der Waals surface area contributed by atoms with Crippen LogP contribution in [0, 0.1) is 0 Å². The Labute approximate surface area is 169 Å². The minimum Gasteiger partial charge on any atom is -0.452 e. The molecule has 0 radical (unpaired) electrons. The number of nitrogen functional groups attached to an aromatic ring is 4. The van der Waals surface area contributed by atoms with E-state index in [1.54, 1.807) is 12.1 Å². The number of benzene rings is 4. The summed E-state index contributed by atoms with van der Waals surface area (Å²) in [6, 6.07) is 27.0. The smallest absolute Gasteiger partial charge is 0.160 e. The van der Waals surface area contributed by atoms with Crippen LogP contribution in [0.25, 0.3) is 22.3 Å². The van der Waals surface area contributed by atoms with Crippen LogP contribution in [-0.2, 0) is 0 Å². The van der Waals surface area contributed by atoms with Crippen molar-refractivity contribution >= 4 is 22.7 Å². The van der Waals surface area contributed by atoms with Gasteiger partial charge in [-0.05, 0) is 35.4 Å². The molecule has 144 valence electrons. The Balaban J connectivity index is 1.92. The summed E-state index contributed by atoms with van der Waals surface area (Å²) in [6.07, 6.45) is 0. The lowest BCUT2D eigenvalue weighted by Gasteiger charge is -2.20. The van der Waals surface area contributed by atoms with Gasteiger partial charge in [0.15, 0.2) is 11.5 Å². The Hall–Kier alpha value is -4.12. The molecule has 0 aliphatic heterocycles. The molecule has 0 heterocycles. The van der Waals surface area contributed by atoms with Gasteiger partial charge in [-0.25, -0.2) is 0 Å². The maximum atomic E-state index is 6.36. The lowest BCUT2D eigenvalue weighted by atomic mass is 10.0. The molecule has 4 aromatic rings. The average molecular weight is 382 g/mol. The maximum absolute atomic E-state index is 6.36. The predicted molar refractivity (Wildman–Crippen MR) is 121 cm³/mol. The monoisotopic (exact) mass is 382 g/mol. The first-order chi connectivity index (χ1) is 14.1. The first kappa shape index (κ1) is 18.3. The van der Waals surface area contributed by atoms with Crippen LogP contribution in [0.5, 0.6) is 11.5 Å². The molecule has 0 aliphatic rings. The molecular formula is C24H22N4O. The zero-order valence-electron chi connectivity index (χ0n) is 15.8. The highest BCUT2D eigenvalue weighted by Crippen LogP contribution is 2.46. The molecule has 0 saturated heterocycles. The van der Waals surface area contributed by atoms with E-state index in [0.717, 1.165) is 22.3 Å². The third-order valence-electron chi connectivity index (χ3n) is 4.83. The van der Waals surface area contributed by atoms with E-state index >= 15 is 0 Å². The highest BCUT2D eigenvalue weighted by molar-refractivity contribution is 5.88. The number of hydrogen-bond donors (Lipinski definition) is 4. The summed E-state index contributed by atoms with van der Waals surface area (Å²) in [4.78, 5) is 0. The van der Waals surface area contributed by atoms with Gasteiger partial charge in [-0.1, -0.05) is 60.7 Å². The molecule has 4 rings (SSSR count). The van der Waals surface area contributed by atoms with Crippen molar-refractivity contribution in [3.63, 3.8) is 0 Å². The molecule has 0 aliphatic carbocycles. The molecule has 8 N–H and O–H groups in total. The number of ether oxygens (including phenoxy) is 1. The number of hydrogen-bond acceptors (Lipinski definition) is 5. The molecule has 0 spiro atoms. The van der Waals surface area contributed by atoms with Crippen molar-refractivity contribution in [1.82, 2.24) is 0 Å². The Morgan fingerprint density at radius 2 is 0.828 bits per heavy atom. The first-order valence-corrected chi connectivity index (χ1v) is 9.21. The van der Waals surface area contributed by atoms with Crippen LogP contribution in [-0.4, -0.2) is 0 Å². The Bertz CT molecular complexity index is 1070. The second-order valence-corrected chi connectivity index (χ2v) is 6.72. The maximum Gasteiger partial charge on any atom is 0.160 e. The fourth-order valence-corrected chi connectivity index (χ4v) is 3.24. The molecule has 0 unspecified atom stereocenters. The van der Waals surface area contributed by atoms with E-state index in [9.17, 15) is 0 Å². The summed E-state index contributed by atoms with van der Waals surface area (Å²) in [7, 11) is 0. The largest absolute Gasteiger partial charge is 0.452 e. The molecule has 5 nitrogen and oxygen atoms in total. The topological polar surface area (TPSA) is 113 Å². The summed E-state index contributed by atoms with van der Waals surface area (Å²) in [5.74, 6) is 0.899. The summed E-state index contributed by atoms with van der Waals surface area (Å²) >= 11 is 0. The molecule has 0 saturated carbocycles. The average Bonchev–Trinajstić information content (AvgIpc) is 2.76. The molecule has 0 aromatic heterocycles. The van der Waals surface area contributed by atoms with Gasteiger partial charge >= 0.3 is 0 Å². The van der Waals surface area contributed by atoms with E-state index in [-0.39, 0.29) is 0 Å².